The summed E-state index contributed by atoms with van der Waals surface area (Å²) < 4.78 is 6.53. The molecule has 51 heavy (non-hydrogen) atoms. The molecule has 0 saturated carbocycles. The topological polar surface area (TPSA) is 51.8 Å². The van der Waals surface area contributed by atoms with Crippen molar-refractivity contribution in [2.75, 3.05) is 0 Å². The standard InChI is InChI=1S/C47H29N3O/c1-2-8-28(9-3-1)39-24-20-29-14-15-30-21-25-40(49-46(30)45(29)48-39)33-18-16-32-27-34(19-17-31(32)26-33)44-38-23-22-36-35-10-5-7-13-42(35)51-47(36)43(38)37-11-4-6-12-41(37)50-44/h1-13,16-27H,14-15H2. The van der Waals surface area contributed by atoms with Crippen LogP contribution in [0, 0.1) is 0 Å². The van der Waals surface area contributed by atoms with Crippen molar-refractivity contribution in [1.82, 2.24) is 15.0 Å². The SMILES string of the molecule is c1ccc(-c2ccc3c(n2)-c2nc(-c4ccc5cc(-c6nc7ccccc7c7c6ccc6c8ccccc8oc67)ccc5c4)ccc2CC3)cc1. The Morgan fingerprint density at radius 2 is 1.04 bits per heavy atom. The molecule has 0 amide bonds. The maximum absolute atomic E-state index is 6.53. The average molecular weight is 652 g/mol. The molecule has 11 rings (SSSR count). The van der Waals surface area contributed by atoms with Crippen molar-refractivity contribution in [3.8, 4) is 45.2 Å². The van der Waals surface area contributed by atoms with Gasteiger partial charge in [0.25, 0.3) is 0 Å². The van der Waals surface area contributed by atoms with Crippen LogP contribution in [-0.4, -0.2) is 15.0 Å². The number of benzene rings is 6. The number of pyridine rings is 3. The van der Waals surface area contributed by atoms with Gasteiger partial charge in [0.2, 0.25) is 0 Å². The minimum Gasteiger partial charge on any atom is -0.455 e. The first kappa shape index (κ1) is 28.2. The molecule has 4 aromatic heterocycles. The van der Waals surface area contributed by atoms with E-state index in [1.165, 1.54) is 11.1 Å². The highest BCUT2D eigenvalue weighted by Gasteiger charge is 2.21. The Labute approximate surface area is 293 Å². The van der Waals surface area contributed by atoms with Gasteiger partial charge in [0, 0.05) is 43.6 Å². The van der Waals surface area contributed by atoms with Crippen LogP contribution in [0.1, 0.15) is 11.1 Å². The molecule has 1 aliphatic rings. The number of para-hydroxylation sites is 2. The summed E-state index contributed by atoms with van der Waals surface area (Å²) in [5, 5.41) is 7.84. The minimum absolute atomic E-state index is 0.898. The Balaban J connectivity index is 1.02. The Kier molecular flexibility index (Phi) is 6.05. The number of nitrogens with zero attached hydrogens (tertiary/aromatic N) is 3. The summed E-state index contributed by atoms with van der Waals surface area (Å²) >= 11 is 0. The normalized spacial score (nSPS) is 12.5. The zero-order chi connectivity index (χ0) is 33.5. The third-order valence-electron chi connectivity index (χ3n) is 10.5. The monoisotopic (exact) mass is 651 g/mol. The lowest BCUT2D eigenvalue weighted by Gasteiger charge is -2.20. The molecule has 0 aliphatic heterocycles. The number of hydrogen-bond donors (Lipinski definition) is 0. The van der Waals surface area contributed by atoms with Crippen LogP contribution in [0.3, 0.4) is 0 Å². The third-order valence-corrected chi connectivity index (χ3v) is 10.5. The van der Waals surface area contributed by atoms with Gasteiger partial charge in [0.15, 0.2) is 0 Å². The minimum atomic E-state index is 0.898. The van der Waals surface area contributed by atoms with Crippen LogP contribution in [-0.2, 0) is 12.8 Å². The lowest BCUT2D eigenvalue weighted by molar-refractivity contribution is 0.673. The molecular weight excluding hydrogens is 623 g/mol. The summed E-state index contributed by atoms with van der Waals surface area (Å²) in [6.45, 7) is 0. The Hall–Kier alpha value is -6.65. The molecule has 1 aliphatic carbocycles. The highest BCUT2D eigenvalue weighted by atomic mass is 16.3. The number of aryl methyl sites for hydroxylation is 2. The summed E-state index contributed by atoms with van der Waals surface area (Å²) in [7, 11) is 0. The molecular formula is C47H29N3O. The second kappa shape index (κ2) is 10.9. The van der Waals surface area contributed by atoms with E-state index in [9.17, 15) is 0 Å². The van der Waals surface area contributed by atoms with Gasteiger partial charge >= 0.3 is 0 Å². The van der Waals surface area contributed by atoms with Gasteiger partial charge in [-0.2, -0.15) is 0 Å². The van der Waals surface area contributed by atoms with Crippen LogP contribution in [0.15, 0.2) is 156 Å². The quantitative estimate of drug-likeness (QED) is 0.178. The van der Waals surface area contributed by atoms with Crippen molar-refractivity contribution in [1.29, 1.82) is 0 Å². The highest BCUT2D eigenvalue weighted by Crippen LogP contribution is 2.41. The lowest BCUT2D eigenvalue weighted by Crippen LogP contribution is -2.08. The Bertz CT molecular complexity index is 3030. The zero-order valence-corrected chi connectivity index (χ0v) is 27.6. The van der Waals surface area contributed by atoms with Gasteiger partial charge < -0.3 is 4.42 Å². The maximum Gasteiger partial charge on any atom is 0.144 e. The molecule has 6 aromatic carbocycles. The molecule has 0 atom stereocenters. The fourth-order valence-electron chi connectivity index (χ4n) is 7.98. The van der Waals surface area contributed by atoms with Crippen LogP contribution in [0.2, 0.25) is 0 Å². The smallest absolute Gasteiger partial charge is 0.144 e. The summed E-state index contributed by atoms with van der Waals surface area (Å²) in [6.07, 6.45) is 1.95. The largest absolute Gasteiger partial charge is 0.455 e. The molecule has 4 heteroatoms. The van der Waals surface area contributed by atoms with Crippen LogP contribution in [0.25, 0.3) is 99.5 Å². The Morgan fingerprint density at radius 3 is 1.82 bits per heavy atom. The van der Waals surface area contributed by atoms with Gasteiger partial charge in [0.05, 0.1) is 34.0 Å². The predicted molar refractivity (Wildman–Crippen MR) is 209 cm³/mol. The lowest BCUT2D eigenvalue weighted by atomic mass is 9.91. The van der Waals surface area contributed by atoms with Crippen molar-refractivity contribution in [2.45, 2.75) is 12.8 Å². The van der Waals surface area contributed by atoms with Crippen molar-refractivity contribution < 1.29 is 4.42 Å². The summed E-state index contributed by atoms with van der Waals surface area (Å²) in [5.41, 5.74) is 13.4. The van der Waals surface area contributed by atoms with Crippen LogP contribution in [0.5, 0.6) is 0 Å². The van der Waals surface area contributed by atoms with E-state index >= 15 is 0 Å². The van der Waals surface area contributed by atoms with E-state index < -0.39 is 0 Å². The van der Waals surface area contributed by atoms with Gasteiger partial charge in [-0.3, -0.25) is 0 Å². The molecule has 0 N–H and O–H groups in total. The molecule has 238 valence electrons. The Morgan fingerprint density at radius 1 is 0.412 bits per heavy atom. The zero-order valence-electron chi connectivity index (χ0n) is 27.6. The average Bonchev–Trinajstić information content (AvgIpc) is 3.59. The molecule has 0 spiro atoms. The van der Waals surface area contributed by atoms with Gasteiger partial charge in [-0.1, -0.05) is 109 Å². The second-order valence-corrected chi connectivity index (χ2v) is 13.5. The third kappa shape index (κ3) is 4.43. The van der Waals surface area contributed by atoms with Crippen LogP contribution >= 0.6 is 0 Å². The van der Waals surface area contributed by atoms with Crippen molar-refractivity contribution in [2.24, 2.45) is 0 Å². The summed E-state index contributed by atoms with van der Waals surface area (Å²) in [5.74, 6) is 0. The molecule has 0 saturated heterocycles. The first-order valence-electron chi connectivity index (χ1n) is 17.5. The highest BCUT2D eigenvalue weighted by molar-refractivity contribution is 6.24. The van der Waals surface area contributed by atoms with E-state index in [1.807, 2.05) is 18.2 Å². The van der Waals surface area contributed by atoms with E-state index in [4.69, 9.17) is 19.4 Å². The molecule has 10 aromatic rings. The number of hydrogen-bond acceptors (Lipinski definition) is 4. The second-order valence-electron chi connectivity index (χ2n) is 13.5. The molecule has 0 bridgehead atoms. The number of furan rings is 1. The molecule has 4 nitrogen and oxygen atoms in total. The number of fused-ring (bicyclic) bond motifs is 11. The van der Waals surface area contributed by atoms with Crippen molar-refractivity contribution in [3.05, 3.63) is 163 Å². The molecule has 0 radical (unpaired) electrons. The van der Waals surface area contributed by atoms with E-state index in [2.05, 4.69) is 133 Å². The van der Waals surface area contributed by atoms with E-state index in [1.54, 1.807) is 0 Å². The van der Waals surface area contributed by atoms with Gasteiger partial charge in [0.1, 0.15) is 11.2 Å². The maximum atomic E-state index is 6.53. The first-order valence-corrected chi connectivity index (χ1v) is 17.5. The fraction of sp³-hybridized carbons (Fsp3) is 0.0426. The van der Waals surface area contributed by atoms with Crippen molar-refractivity contribution >= 4 is 54.4 Å². The first-order chi connectivity index (χ1) is 25.2. The van der Waals surface area contributed by atoms with Gasteiger partial charge in [-0.25, -0.2) is 15.0 Å². The predicted octanol–water partition coefficient (Wildman–Crippen LogP) is 12.0. The number of aromatic nitrogens is 3. The van der Waals surface area contributed by atoms with Gasteiger partial charge in [-0.05, 0) is 77.2 Å². The van der Waals surface area contributed by atoms with Gasteiger partial charge in [-0.15, -0.1) is 0 Å². The molecule has 0 fully saturated rings. The van der Waals surface area contributed by atoms with E-state index in [-0.39, 0.29) is 0 Å². The van der Waals surface area contributed by atoms with Crippen LogP contribution in [0.4, 0.5) is 0 Å². The molecule has 0 unspecified atom stereocenters. The summed E-state index contributed by atoms with van der Waals surface area (Å²) in [4.78, 5) is 15.6. The van der Waals surface area contributed by atoms with E-state index in [0.717, 1.165) is 112 Å². The van der Waals surface area contributed by atoms with E-state index in [0.29, 0.717) is 0 Å². The number of rotatable bonds is 3. The summed E-state index contributed by atoms with van der Waals surface area (Å²) in [6, 6.07) is 53.4. The fourth-order valence-corrected chi connectivity index (χ4v) is 7.98. The van der Waals surface area contributed by atoms with Crippen LogP contribution < -0.4 is 0 Å². The molecule has 4 heterocycles. The van der Waals surface area contributed by atoms with Crippen molar-refractivity contribution in [3.63, 3.8) is 0 Å².